The molecule has 1 saturated heterocycles. The number of hydrogen-bond acceptors (Lipinski definition) is 6. The highest BCUT2D eigenvalue weighted by Gasteiger charge is 2.46. The van der Waals surface area contributed by atoms with Crippen LogP contribution in [0.5, 0.6) is 11.5 Å². The Bertz CT molecular complexity index is 1080. The summed E-state index contributed by atoms with van der Waals surface area (Å²) < 4.78 is 37.2. The number of ether oxygens (including phenoxy) is 2. The van der Waals surface area contributed by atoms with Gasteiger partial charge in [0, 0.05) is 13.1 Å². The summed E-state index contributed by atoms with van der Waals surface area (Å²) in [6, 6.07) is 15.0. The van der Waals surface area contributed by atoms with E-state index in [1.165, 1.54) is 17.0 Å². The van der Waals surface area contributed by atoms with Gasteiger partial charge in [0.1, 0.15) is 17.1 Å². The van der Waals surface area contributed by atoms with Crippen molar-refractivity contribution in [3.8, 4) is 11.5 Å². The quantitative estimate of drug-likeness (QED) is 0.661. The van der Waals surface area contributed by atoms with Crippen molar-refractivity contribution in [1.82, 2.24) is 4.90 Å². The van der Waals surface area contributed by atoms with Gasteiger partial charge in [0.15, 0.2) is 9.84 Å². The molecule has 0 unspecified atom stereocenters. The molecule has 0 radical (unpaired) electrons. The lowest BCUT2D eigenvalue weighted by atomic mass is 9.80. The summed E-state index contributed by atoms with van der Waals surface area (Å²) in [4.78, 5) is 25.9. The number of benzene rings is 2. The van der Waals surface area contributed by atoms with Crippen LogP contribution in [0, 0.1) is 5.41 Å². The van der Waals surface area contributed by atoms with Gasteiger partial charge < -0.3 is 19.5 Å². The average Bonchev–Trinajstić information content (AvgIpc) is 2.74. The van der Waals surface area contributed by atoms with Crippen molar-refractivity contribution < 1.29 is 32.6 Å². The number of carbonyl (C=O) groups excluding carboxylic acids is 1. The number of nitrogens with zero attached hydrogens (tertiary/aromatic N) is 1. The van der Waals surface area contributed by atoms with E-state index in [1.54, 1.807) is 45.0 Å². The van der Waals surface area contributed by atoms with Crippen LogP contribution in [0.4, 0.5) is 4.79 Å². The molecule has 0 saturated carbocycles. The molecular weight excluding hydrogens is 446 g/mol. The Morgan fingerprint density at radius 3 is 2.03 bits per heavy atom. The molecule has 33 heavy (non-hydrogen) atoms. The van der Waals surface area contributed by atoms with E-state index in [2.05, 4.69) is 0 Å². The molecule has 1 amide bonds. The van der Waals surface area contributed by atoms with Crippen molar-refractivity contribution in [2.75, 3.05) is 18.8 Å². The van der Waals surface area contributed by atoms with E-state index in [0.717, 1.165) is 0 Å². The van der Waals surface area contributed by atoms with Gasteiger partial charge in [0.05, 0.1) is 16.1 Å². The topological polar surface area (TPSA) is 110 Å². The summed E-state index contributed by atoms with van der Waals surface area (Å²) in [5.41, 5.74) is -2.14. The molecule has 2 aromatic carbocycles. The minimum Gasteiger partial charge on any atom is -0.481 e. The van der Waals surface area contributed by atoms with Gasteiger partial charge in [0.25, 0.3) is 0 Å². The fraction of sp³-hybridized carbons (Fsp3) is 0.417. The largest absolute Gasteiger partial charge is 0.481 e. The number of carboxylic acid groups (broad SMARTS) is 1. The summed E-state index contributed by atoms with van der Waals surface area (Å²) in [6.45, 7) is 5.47. The Morgan fingerprint density at radius 2 is 1.52 bits per heavy atom. The molecule has 178 valence electrons. The Hall–Kier alpha value is -3.07. The van der Waals surface area contributed by atoms with E-state index >= 15 is 0 Å². The minimum absolute atomic E-state index is 0.0238. The van der Waals surface area contributed by atoms with E-state index in [0.29, 0.717) is 11.5 Å². The maximum absolute atomic E-state index is 13.1. The molecule has 9 heteroatoms. The predicted molar refractivity (Wildman–Crippen MR) is 122 cm³/mol. The summed E-state index contributed by atoms with van der Waals surface area (Å²) in [7, 11) is -3.89. The number of para-hydroxylation sites is 1. The monoisotopic (exact) mass is 475 g/mol. The van der Waals surface area contributed by atoms with E-state index in [-0.39, 0.29) is 30.8 Å². The molecule has 1 aliphatic rings. The Kier molecular flexibility index (Phi) is 7.02. The third kappa shape index (κ3) is 6.25. The molecule has 1 fully saturated rings. The molecule has 0 aliphatic carbocycles. The first-order valence-electron chi connectivity index (χ1n) is 10.7. The van der Waals surface area contributed by atoms with Crippen LogP contribution < -0.4 is 4.74 Å². The lowest BCUT2D eigenvalue weighted by molar-refractivity contribution is -0.150. The molecule has 3 rings (SSSR count). The molecule has 8 nitrogen and oxygen atoms in total. The van der Waals surface area contributed by atoms with Gasteiger partial charge in [0.2, 0.25) is 0 Å². The summed E-state index contributed by atoms with van der Waals surface area (Å²) >= 11 is 0. The maximum Gasteiger partial charge on any atom is 0.410 e. The molecule has 1 aliphatic heterocycles. The van der Waals surface area contributed by atoms with Gasteiger partial charge in [-0.3, -0.25) is 4.79 Å². The van der Waals surface area contributed by atoms with Gasteiger partial charge in [-0.2, -0.15) is 0 Å². The molecule has 1 heterocycles. The normalized spacial score (nSPS) is 16.2. The van der Waals surface area contributed by atoms with Crippen LogP contribution >= 0.6 is 0 Å². The first-order valence-corrected chi connectivity index (χ1v) is 12.3. The van der Waals surface area contributed by atoms with Crippen LogP contribution in [0.1, 0.15) is 33.6 Å². The lowest BCUT2D eigenvalue weighted by Gasteiger charge is -2.38. The van der Waals surface area contributed by atoms with Crippen molar-refractivity contribution in [3.63, 3.8) is 0 Å². The highest BCUT2D eigenvalue weighted by molar-refractivity contribution is 7.91. The van der Waals surface area contributed by atoms with E-state index in [4.69, 9.17) is 9.47 Å². The van der Waals surface area contributed by atoms with Crippen LogP contribution in [0.2, 0.25) is 0 Å². The van der Waals surface area contributed by atoms with Crippen molar-refractivity contribution in [2.24, 2.45) is 5.41 Å². The van der Waals surface area contributed by atoms with E-state index < -0.39 is 38.7 Å². The van der Waals surface area contributed by atoms with Crippen LogP contribution in [0.25, 0.3) is 0 Å². The predicted octanol–water partition coefficient (Wildman–Crippen LogP) is 4.35. The number of sulfone groups is 1. The minimum atomic E-state index is -3.89. The second kappa shape index (κ2) is 9.43. The molecule has 0 aromatic heterocycles. The fourth-order valence-electron chi connectivity index (χ4n) is 3.65. The first kappa shape index (κ1) is 24.6. The zero-order valence-corrected chi connectivity index (χ0v) is 19.8. The smallest absolute Gasteiger partial charge is 0.410 e. The number of carboxylic acids is 1. The average molecular weight is 476 g/mol. The van der Waals surface area contributed by atoms with Crippen molar-refractivity contribution in [2.45, 2.75) is 44.1 Å². The third-order valence-electron chi connectivity index (χ3n) is 5.45. The van der Waals surface area contributed by atoms with Crippen LogP contribution in [-0.2, 0) is 19.4 Å². The van der Waals surface area contributed by atoms with Crippen LogP contribution in [0.15, 0.2) is 59.5 Å². The maximum atomic E-state index is 13.1. The molecule has 0 atom stereocenters. The van der Waals surface area contributed by atoms with Crippen LogP contribution in [-0.4, -0.2) is 54.9 Å². The molecule has 1 N–H and O–H groups in total. The number of hydrogen-bond donors (Lipinski definition) is 1. The highest BCUT2D eigenvalue weighted by atomic mass is 32.2. The highest BCUT2D eigenvalue weighted by Crippen LogP contribution is 2.36. The Labute approximate surface area is 194 Å². The fourth-order valence-corrected chi connectivity index (χ4v) is 5.51. The van der Waals surface area contributed by atoms with Gasteiger partial charge in [-0.25, -0.2) is 13.2 Å². The number of carbonyl (C=O) groups is 2. The number of amides is 1. The Balaban J connectivity index is 1.70. The summed E-state index contributed by atoms with van der Waals surface area (Å²) in [5.74, 6) is -0.636. The standard InChI is InChI=1S/C24H29NO7S/c1-23(2,3)32-22(28)25-15-13-24(14-16-25,21(26)27)17-33(29,30)20-11-9-19(10-12-20)31-18-7-5-4-6-8-18/h4-12H,13-17H2,1-3H3,(H,26,27). The molecule has 0 spiro atoms. The van der Waals surface area contributed by atoms with Crippen molar-refractivity contribution in [3.05, 3.63) is 54.6 Å². The SMILES string of the molecule is CC(C)(C)OC(=O)N1CCC(CS(=O)(=O)c2ccc(Oc3ccccc3)cc2)(C(=O)O)CC1. The first-order chi connectivity index (χ1) is 15.4. The Morgan fingerprint density at radius 1 is 0.970 bits per heavy atom. The second-order valence-corrected chi connectivity index (χ2v) is 11.2. The van der Waals surface area contributed by atoms with Gasteiger partial charge in [-0.1, -0.05) is 18.2 Å². The van der Waals surface area contributed by atoms with E-state index in [1.807, 2.05) is 18.2 Å². The van der Waals surface area contributed by atoms with Gasteiger partial charge in [-0.15, -0.1) is 0 Å². The number of rotatable bonds is 6. The third-order valence-corrected chi connectivity index (χ3v) is 7.38. The number of piperidine rings is 1. The van der Waals surface area contributed by atoms with Crippen molar-refractivity contribution >= 4 is 21.9 Å². The molecule has 0 bridgehead atoms. The van der Waals surface area contributed by atoms with E-state index in [9.17, 15) is 23.1 Å². The summed E-state index contributed by atoms with van der Waals surface area (Å²) in [5, 5.41) is 9.90. The van der Waals surface area contributed by atoms with Crippen LogP contribution in [0.3, 0.4) is 0 Å². The molecule has 2 aromatic rings. The number of aliphatic carboxylic acids is 1. The van der Waals surface area contributed by atoms with Crippen molar-refractivity contribution in [1.29, 1.82) is 0 Å². The lowest BCUT2D eigenvalue weighted by Crippen LogP contribution is -2.50. The zero-order chi connectivity index (χ0) is 24.3. The van der Waals surface area contributed by atoms with Gasteiger partial charge >= 0.3 is 12.1 Å². The number of likely N-dealkylation sites (tertiary alicyclic amines) is 1. The molecular formula is C24H29NO7S. The second-order valence-electron chi connectivity index (χ2n) is 9.20. The van der Waals surface area contributed by atoms with Gasteiger partial charge in [-0.05, 0) is 70.0 Å². The summed E-state index contributed by atoms with van der Waals surface area (Å²) in [6.07, 6.45) is -0.482. The zero-order valence-electron chi connectivity index (χ0n) is 19.0.